The van der Waals surface area contributed by atoms with Crippen LogP contribution in [0.2, 0.25) is 0 Å². The molecular formula is C13H13BrN4O. The van der Waals surface area contributed by atoms with E-state index >= 15 is 0 Å². The molecule has 1 aliphatic heterocycles. The van der Waals surface area contributed by atoms with Crippen LogP contribution in [0.3, 0.4) is 0 Å². The number of anilines is 2. The number of aromatic nitrogens is 2. The van der Waals surface area contributed by atoms with Gasteiger partial charge in [0.25, 0.3) is 0 Å². The largest absolute Gasteiger partial charge is 0.467 e. The Bertz CT molecular complexity index is 618. The molecule has 0 fully saturated rings. The van der Waals surface area contributed by atoms with Crippen molar-refractivity contribution in [1.29, 1.82) is 0 Å². The molecule has 0 radical (unpaired) electrons. The van der Waals surface area contributed by atoms with Crippen molar-refractivity contribution in [2.24, 2.45) is 0 Å². The molecule has 3 rings (SSSR count). The summed E-state index contributed by atoms with van der Waals surface area (Å²) in [5, 5.41) is 6.59. The smallest absolute Gasteiger partial charge is 0.318 e. The number of rotatable bonds is 3. The molecule has 0 aliphatic carbocycles. The quantitative estimate of drug-likeness (QED) is 0.910. The average Bonchev–Trinajstić information content (AvgIpc) is 2.87. The zero-order valence-corrected chi connectivity index (χ0v) is 12.0. The Morgan fingerprint density at radius 1 is 1.32 bits per heavy atom. The summed E-state index contributed by atoms with van der Waals surface area (Å²) < 4.78 is 6.16. The maximum Gasteiger partial charge on any atom is 0.318 e. The minimum Gasteiger partial charge on any atom is -0.467 e. The molecular weight excluding hydrogens is 308 g/mol. The molecule has 0 unspecified atom stereocenters. The van der Waals surface area contributed by atoms with E-state index in [0.717, 1.165) is 40.3 Å². The fourth-order valence-corrected chi connectivity index (χ4v) is 2.44. The predicted molar refractivity (Wildman–Crippen MR) is 76.6 cm³/mol. The van der Waals surface area contributed by atoms with Crippen molar-refractivity contribution in [3.05, 3.63) is 40.0 Å². The standard InChI is InChI=1S/C13H13BrN4O/c1-19-13-17-11-7-15-6-10(11)12(18-13)16-9-4-2-3-8(14)5-9/h2-5,15H,6-7H2,1H3,(H,16,17,18). The Hall–Kier alpha value is -1.66. The molecule has 2 N–H and O–H groups in total. The first-order valence-corrected chi connectivity index (χ1v) is 6.72. The second kappa shape index (κ2) is 5.14. The van der Waals surface area contributed by atoms with Gasteiger partial charge in [0, 0.05) is 28.8 Å². The average molecular weight is 321 g/mol. The number of fused-ring (bicyclic) bond motifs is 1. The monoisotopic (exact) mass is 320 g/mol. The Labute approximate surface area is 119 Å². The Balaban J connectivity index is 1.98. The maximum atomic E-state index is 5.14. The zero-order valence-electron chi connectivity index (χ0n) is 10.4. The van der Waals surface area contributed by atoms with E-state index in [-0.39, 0.29) is 0 Å². The van der Waals surface area contributed by atoms with E-state index < -0.39 is 0 Å². The van der Waals surface area contributed by atoms with Crippen LogP contribution in [-0.2, 0) is 13.1 Å². The molecule has 2 aromatic rings. The van der Waals surface area contributed by atoms with Crippen molar-refractivity contribution in [3.8, 4) is 6.01 Å². The van der Waals surface area contributed by atoms with E-state index in [1.807, 2.05) is 24.3 Å². The molecule has 1 aromatic carbocycles. The van der Waals surface area contributed by atoms with Gasteiger partial charge in [-0.15, -0.1) is 0 Å². The fourth-order valence-electron chi connectivity index (χ4n) is 2.04. The van der Waals surface area contributed by atoms with Crippen LogP contribution < -0.4 is 15.4 Å². The molecule has 2 heterocycles. The number of hydrogen-bond acceptors (Lipinski definition) is 5. The Morgan fingerprint density at radius 3 is 3.00 bits per heavy atom. The molecule has 6 heteroatoms. The summed E-state index contributed by atoms with van der Waals surface area (Å²) in [5.41, 5.74) is 3.06. The van der Waals surface area contributed by atoms with Crippen LogP contribution in [0.25, 0.3) is 0 Å². The minimum absolute atomic E-state index is 0.389. The van der Waals surface area contributed by atoms with Gasteiger partial charge in [-0.05, 0) is 18.2 Å². The third kappa shape index (κ3) is 2.54. The van der Waals surface area contributed by atoms with E-state index in [0.29, 0.717) is 6.01 Å². The summed E-state index contributed by atoms with van der Waals surface area (Å²) >= 11 is 3.46. The molecule has 1 aromatic heterocycles. The molecule has 0 amide bonds. The molecule has 0 saturated heterocycles. The van der Waals surface area contributed by atoms with E-state index in [1.54, 1.807) is 7.11 Å². The highest BCUT2D eigenvalue weighted by molar-refractivity contribution is 9.10. The lowest BCUT2D eigenvalue weighted by Gasteiger charge is -2.11. The lowest BCUT2D eigenvalue weighted by molar-refractivity contribution is 0.379. The third-order valence-corrected chi connectivity index (χ3v) is 3.43. The molecule has 98 valence electrons. The van der Waals surface area contributed by atoms with E-state index in [4.69, 9.17) is 4.74 Å². The van der Waals surface area contributed by atoms with Crippen molar-refractivity contribution >= 4 is 27.4 Å². The number of benzene rings is 1. The summed E-state index contributed by atoms with van der Waals surface area (Å²) in [6.07, 6.45) is 0. The van der Waals surface area contributed by atoms with Crippen LogP contribution in [0.5, 0.6) is 6.01 Å². The van der Waals surface area contributed by atoms with E-state index in [1.165, 1.54) is 0 Å². The summed E-state index contributed by atoms with van der Waals surface area (Å²) in [5.74, 6) is 0.796. The second-order valence-corrected chi connectivity index (χ2v) is 5.14. The first kappa shape index (κ1) is 12.4. The highest BCUT2D eigenvalue weighted by atomic mass is 79.9. The summed E-state index contributed by atoms with van der Waals surface area (Å²) in [4.78, 5) is 8.73. The molecule has 1 aliphatic rings. The number of hydrogen-bond donors (Lipinski definition) is 2. The van der Waals surface area contributed by atoms with Gasteiger partial charge < -0.3 is 15.4 Å². The van der Waals surface area contributed by atoms with Crippen LogP contribution in [0.1, 0.15) is 11.3 Å². The van der Waals surface area contributed by atoms with Crippen LogP contribution in [0.4, 0.5) is 11.5 Å². The Morgan fingerprint density at radius 2 is 2.21 bits per heavy atom. The van der Waals surface area contributed by atoms with E-state index in [9.17, 15) is 0 Å². The molecule has 0 atom stereocenters. The lowest BCUT2D eigenvalue weighted by Crippen LogP contribution is -2.04. The van der Waals surface area contributed by atoms with Gasteiger partial charge in [0.2, 0.25) is 0 Å². The third-order valence-electron chi connectivity index (χ3n) is 2.94. The van der Waals surface area contributed by atoms with Gasteiger partial charge in [-0.1, -0.05) is 22.0 Å². The number of nitrogens with one attached hydrogen (secondary N) is 2. The first-order valence-electron chi connectivity index (χ1n) is 5.93. The summed E-state index contributed by atoms with van der Waals surface area (Å²) in [6.45, 7) is 1.52. The van der Waals surface area contributed by atoms with Gasteiger partial charge in [0.15, 0.2) is 0 Å². The van der Waals surface area contributed by atoms with Crippen molar-refractivity contribution in [2.45, 2.75) is 13.1 Å². The number of halogens is 1. The molecule has 0 spiro atoms. The van der Waals surface area contributed by atoms with Crippen molar-refractivity contribution in [1.82, 2.24) is 15.3 Å². The fraction of sp³-hybridized carbons (Fsp3) is 0.231. The topological polar surface area (TPSA) is 59.1 Å². The normalized spacial score (nSPS) is 13.2. The second-order valence-electron chi connectivity index (χ2n) is 4.22. The van der Waals surface area contributed by atoms with Crippen molar-refractivity contribution in [2.75, 3.05) is 12.4 Å². The predicted octanol–water partition coefficient (Wildman–Crippen LogP) is 2.59. The number of methoxy groups -OCH3 is 1. The molecule has 19 heavy (non-hydrogen) atoms. The van der Waals surface area contributed by atoms with Gasteiger partial charge in [0.1, 0.15) is 5.82 Å². The van der Waals surface area contributed by atoms with Crippen LogP contribution in [-0.4, -0.2) is 17.1 Å². The SMILES string of the molecule is COc1nc2c(c(Nc3cccc(Br)c3)n1)CNC2. The highest BCUT2D eigenvalue weighted by Crippen LogP contribution is 2.27. The van der Waals surface area contributed by atoms with Gasteiger partial charge in [0.05, 0.1) is 12.8 Å². The molecule has 5 nitrogen and oxygen atoms in total. The Kier molecular flexibility index (Phi) is 3.35. The van der Waals surface area contributed by atoms with Gasteiger partial charge in [-0.25, -0.2) is 0 Å². The zero-order chi connectivity index (χ0) is 13.2. The van der Waals surface area contributed by atoms with Gasteiger partial charge >= 0.3 is 6.01 Å². The summed E-state index contributed by atoms with van der Waals surface area (Å²) in [6, 6.07) is 8.35. The van der Waals surface area contributed by atoms with Gasteiger partial charge in [-0.2, -0.15) is 9.97 Å². The van der Waals surface area contributed by atoms with Crippen LogP contribution in [0.15, 0.2) is 28.7 Å². The van der Waals surface area contributed by atoms with Crippen molar-refractivity contribution in [3.63, 3.8) is 0 Å². The van der Waals surface area contributed by atoms with Crippen molar-refractivity contribution < 1.29 is 4.74 Å². The summed E-state index contributed by atoms with van der Waals surface area (Å²) in [7, 11) is 1.58. The number of ether oxygens (including phenoxy) is 1. The van der Waals surface area contributed by atoms with E-state index in [2.05, 4.69) is 36.5 Å². The molecule has 0 bridgehead atoms. The number of nitrogens with zero attached hydrogens (tertiary/aromatic N) is 2. The van der Waals surface area contributed by atoms with Crippen LogP contribution >= 0.6 is 15.9 Å². The maximum absolute atomic E-state index is 5.14. The van der Waals surface area contributed by atoms with Gasteiger partial charge in [-0.3, -0.25) is 0 Å². The highest BCUT2D eigenvalue weighted by Gasteiger charge is 2.19. The first-order chi connectivity index (χ1) is 9.26. The minimum atomic E-state index is 0.389. The lowest BCUT2D eigenvalue weighted by atomic mass is 10.2. The molecule has 0 saturated carbocycles. The van der Waals surface area contributed by atoms with Crippen LogP contribution in [0, 0.1) is 0 Å².